The minimum Gasteiger partial charge on any atom is -0.465 e. The van der Waals surface area contributed by atoms with Crippen molar-refractivity contribution in [2.45, 2.75) is 26.8 Å². The lowest BCUT2D eigenvalue weighted by Gasteiger charge is -2.25. The number of hydrogen-bond donors (Lipinski definition) is 2. The third-order valence-electron chi connectivity index (χ3n) is 2.17. The minimum absolute atomic E-state index is 0.122. The van der Waals surface area contributed by atoms with Gasteiger partial charge in [0.2, 0.25) is 11.8 Å². The summed E-state index contributed by atoms with van der Waals surface area (Å²) in [7, 11) is 0. The third-order valence-corrected chi connectivity index (χ3v) is 2.17. The van der Waals surface area contributed by atoms with Gasteiger partial charge in [0.05, 0.1) is 19.7 Å². The summed E-state index contributed by atoms with van der Waals surface area (Å²) >= 11 is 0. The van der Waals surface area contributed by atoms with Crippen molar-refractivity contribution in [3.63, 3.8) is 0 Å². The topological polar surface area (TPSA) is 102 Å². The fourth-order valence-electron chi connectivity index (χ4n) is 1.25. The Hall–Kier alpha value is -1.63. The van der Waals surface area contributed by atoms with Crippen LogP contribution in [0.1, 0.15) is 20.8 Å². The van der Waals surface area contributed by atoms with E-state index in [1.165, 1.54) is 4.90 Å². The molecule has 0 heterocycles. The first-order valence-electron chi connectivity index (χ1n) is 5.84. The van der Waals surface area contributed by atoms with Gasteiger partial charge in [-0.2, -0.15) is 0 Å². The number of nitrogens with two attached hydrogens (primary N) is 1. The number of rotatable bonds is 7. The van der Waals surface area contributed by atoms with E-state index in [0.717, 1.165) is 0 Å². The molecule has 0 saturated heterocycles. The van der Waals surface area contributed by atoms with Crippen LogP contribution < -0.4 is 11.1 Å². The Bertz CT molecular complexity index is 305. The van der Waals surface area contributed by atoms with Crippen LogP contribution in [0.25, 0.3) is 0 Å². The van der Waals surface area contributed by atoms with Gasteiger partial charge in [-0.1, -0.05) is 0 Å². The molecule has 7 heteroatoms. The van der Waals surface area contributed by atoms with Crippen molar-refractivity contribution in [1.29, 1.82) is 0 Å². The Balaban J connectivity index is 4.36. The van der Waals surface area contributed by atoms with E-state index in [0.29, 0.717) is 0 Å². The van der Waals surface area contributed by atoms with Gasteiger partial charge in [0, 0.05) is 6.04 Å². The molecule has 0 rings (SSSR count). The number of nitrogens with one attached hydrogen (secondary N) is 1. The van der Waals surface area contributed by atoms with Crippen LogP contribution in [0, 0.1) is 0 Å². The van der Waals surface area contributed by atoms with Crippen molar-refractivity contribution in [3.8, 4) is 0 Å². The number of carbonyl (C=O) groups is 3. The highest BCUT2D eigenvalue weighted by atomic mass is 16.5. The minimum atomic E-state index is -0.468. The molecule has 0 unspecified atom stereocenters. The molecule has 0 aromatic heterocycles. The maximum atomic E-state index is 11.8. The van der Waals surface area contributed by atoms with E-state index in [-0.39, 0.29) is 38.2 Å². The summed E-state index contributed by atoms with van der Waals surface area (Å²) in [5, 5.41) is 2.37. The van der Waals surface area contributed by atoms with Gasteiger partial charge in [-0.05, 0) is 20.8 Å². The standard InChI is InChI=1S/C11H21N3O4/c1-4-18-11(17)7-14(8(2)3)10(16)6-13-9(15)5-12/h8H,4-7,12H2,1-3H3,(H,13,15). The first-order valence-corrected chi connectivity index (χ1v) is 5.84. The van der Waals surface area contributed by atoms with E-state index in [2.05, 4.69) is 5.32 Å². The van der Waals surface area contributed by atoms with Gasteiger partial charge < -0.3 is 20.7 Å². The number of amides is 2. The molecule has 0 radical (unpaired) electrons. The lowest BCUT2D eigenvalue weighted by molar-refractivity contribution is -0.149. The molecule has 0 atom stereocenters. The zero-order chi connectivity index (χ0) is 14.1. The Morgan fingerprint density at radius 2 is 1.94 bits per heavy atom. The molecule has 18 heavy (non-hydrogen) atoms. The normalized spacial score (nSPS) is 10.1. The molecule has 0 saturated carbocycles. The molecule has 3 N–H and O–H groups in total. The van der Waals surface area contributed by atoms with E-state index >= 15 is 0 Å². The Labute approximate surface area is 107 Å². The molecule has 0 aliphatic rings. The Morgan fingerprint density at radius 3 is 2.39 bits per heavy atom. The van der Waals surface area contributed by atoms with E-state index in [4.69, 9.17) is 10.5 Å². The second-order valence-electron chi connectivity index (χ2n) is 3.90. The molecule has 0 aliphatic carbocycles. The molecule has 7 nitrogen and oxygen atoms in total. The van der Waals surface area contributed by atoms with Crippen molar-refractivity contribution in [2.75, 3.05) is 26.2 Å². The summed E-state index contributed by atoms with van der Waals surface area (Å²) in [5.74, 6) is -1.23. The average molecular weight is 259 g/mol. The van der Waals surface area contributed by atoms with Crippen LogP contribution in [0.2, 0.25) is 0 Å². The maximum Gasteiger partial charge on any atom is 0.325 e. The molecule has 0 aromatic carbocycles. The molecule has 2 amide bonds. The molecule has 0 bridgehead atoms. The second-order valence-corrected chi connectivity index (χ2v) is 3.90. The van der Waals surface area contributed by atoms with Gasteiger partial charge in [-0.25, -0.2) is 0 Å². The molecule has 0 aliphatic heterocycles. The van der Waals surface area contributed by atoms with Gasteiger partial charge in [0.25, 0.3) is 0 Å². The quantitative estimate of drug-likeness (QED) is 0.563. The van der Waals surface area contributed by atoms with Gasteiger partial charge in [-0.15, -0.1) is 0 Å². The first kappa shape index (κ1) is 16.4. The smallest absolute Gasteiger partial charge is 0.325 e. The summed E-state index contributed by atoms with van der Waals surface area (Å²) in [5.41, 5.74) is 5.10. The van der Waals surface area contributed by atoms with Crippen LogP contribution in [0.15, 0.2) is 0 Å². The summed E-state index contributed by atoms with van der Waals surface area (Å²) in [6.07, 6.45) is 0. The lowest BCUT2D eigenvalue weighted by atomic mass is 10.3. The highest BCUT2D eigenvalue weighted by Crippen LogP contribution is 1.99. The van der Waals surface area contributed by atoms with Crippen LogP contribution in [-0.2, 0) is 19.1 Å². The predicted molar refractivity (Wildman–Crippen MR) is 65.5 cm³/mol. The summed E-state index contributed by atoms with van der Waals surface area (Å²) in [6.45, 7) is 5.05. The van der Waals surface area contributed by atoms with E-state index < -0.39 is 11.9 Å². The molecular formula is C11H21N3O4. The monoisotopic (exact) mass is 259 g/mol. The van der Waals surface area contributed by atoms with Crippen molar-refractivity contribution >= 4 is 17.8 Å². The fourth-order valence-corrected chi connectivity index (χ4v) is 1.25. The van der Waals surface area contributed by atoms with Crippen LogP contribution in [-0.4, -0.2) is 55.0 Å². The van der Waals surface area contributed by atoms with Gasteiger partial charge in [0.15, 0.2) is 0 Å². The second kappa shape index (κ2) is 8.46. The molecule has 0 fully saturated rings. The van der Waals surface area contributed by atoms with Crippen LogP contribution >= 0.6 is 0 Å². The zero-order valence-electron chi connectivity index (χ0n) is 11.1. The highest BCUT2D eigenvalue weighted by Gasteiger charge is 2.20. The number of esters is 1. The van der Waals surface area contributed by atoms with Gasteiger partial charge in [-0.3, -0.25) is 14.4 Å². The first-order chi connectivity index (χ1) is 8.42. The molecule has 0 spiro atoms. The lowest BCUT2D eigenvalue weighted by Crippen LogP contribution is -2.47. The van der Waals surface area contributed by atoms with Crippen LogP contribution in [0.4, 0.5) is 0 Å². The van der Waals surface area contributed by atoms with Crippen molar-refractivity contribution in [3.05, 3.63) is 0 Å². The predicted octanol–water partition coefficient (Wildman–Crippen LogP) is -1.14. The average Bonchev–Trinajstić information content (AvgIpc) is 2.32. The van der Waals surface area contributed by atoms with Crippen molar-refractivity contribution in [1.82, 2.24) is 10.2 Å². The SMILES string of the molecule is CCOC(=O)CN(C(=O)CNC(=O)CN)C(C)C. The third kappa shape index (κ3) is 6.19. The van der Waals surface area contributed by atoms with Crippen molar-refractivity contribution in [2.24, 2.45) is 5.73 Å². The highest BCUT2D eigenvalue weighted by molar-refractivity contribution is 5.87. The van der Waals surface area contributed by atoms with Crippen molar-refractivity contribution < 1.29 is 19.1 Å². The van der Waals surface area contributed by atoms with Gasteiger partial charge in [0.1, 0.15) is 6.54 Å². The van der Waals surface area contributed by atoms with Crippen LogP contribution in [0.5, 0.6) is 0 Å². The Morgan fingerprint density at radius 1 is 1.33 bits per heavy atom. The summed E-state index contributed by atoms with van der Waals surface area (Å²) in [6, 6.07) is -0.156. The maximum absolute atomic E-state index is 11.8. The Kier molecular flexibility index (Phi) is 7.69. The summed E-state index contributed by atoms with van der Waals surface area (Å²) < 4.78 is 4.78. The largest absolute Gasteiger partial charge is 0.465 e. The molecular weight excluding hydrogens is 238 g/mol. The molecule has 0 aromatic rings. The number of ether oxygens (including phenoxy) is 1. The van der Waals surface area contributed by atoms with E-state index in [1.54, 1.807) is 20.8 Å². The zero-order valence-corrected chi connectivity index (χ0v) is 11.1. The summed E-state index contributed by atoms with van der Waals surface area (Å²) in [4.78, 5) is 35.4. The molecule has 104 valence electrons. The van der Waals surface area contributed by atoms with E-state index in [9.17, 15) is 14.4 Å². The van der Waals surface area contributed by atoms with E-state index in [1.807, 2.05) is 0 Å². The van der Waals surface area contributed by atoms with Gasteiger partial charge >= 0.3 is 5.97 Å². The number of hydrogen-bond acceptors (Lipinski definition) is 5. The fraction of sp³-hybridized carbons (Fsp3) is 0.727. The number of nitrogens with zero attached hydrogens (tertiary/aromatic N) is 1. The van der Waals surface area contributed by atoms with Crippen LogP contribution in [0.3, 0.4) is 0 Å². The number of carbonyl (C=O) groups excluding carboxylic acids is 3.